The largest absolute Gasteiger partial charge is 0.338 e. The van der Waals surface area contributed by atoms with Crippen LogP contribution in [0.15, 0.2) is 18.2 Å². The van der Waals surface area contributed by atoms with Gasteiger partial charge in [-0.05, 0) is 38.3 Å². The second kappa shape index (κ2) is 6.28. The van der Waals surface area contributed by atoms with Crippen LogP contribution in [0.3, 0.4) is 0 Å². The van der Waals surface area contributed by atoms with E-state index in [0.717, 1.165) is 6.42 Å². The van der Waals surface area contributed by atoms with Gasteiger partial charge in [0.1, 0.15) is 0 Å². The van der Waals surface area contributed by atoms with Gasteiger partial charge >= 0.3 is 6.03 Å². The van der Waals surface area contributed by atoms with Crippen LogP contribution in [0.5, 0.6) is 0 Å². The Balaban J connectivity index is 2.63. The van der Waals surface area contributed by atoms with Gasteiger partial charge in [-0.3, -0.25) is 0 Å². The van der Waals surface area contributed by atoms with E-state index in [1.807, 2.05) is 13.8 Å². The zero-order valence-electron chi connectivity index (χ0n) is 11.1. The summed E-state index contributed by atoms with van der Waals surface area (Å²) in [7, 11) is 0. The summed E-state index contributed by atoms with van der Waals surface area (Å²) in [6.07, 6.45) is 0.950. The van der Waals surface area contributed by atoms with Gasteiger partial charge in [-0.2, -0.15) is 0 Å². The van der Waals surface area contributed by atoms with Crippen LogP contribution in [0.25, 0.3) is 0 Å². The number of nitrogens with one attached hydrogen (secondary N) is 2. The molecule has 0 bridgehead atoms. The maximum absolute atomic E-state index is 11.5. The summed E-state index contributed by atoms with van der Waals surface area (Å²) in [6.45, 7) is 8.90. The summed E-state index contributed by atoms with van der Waals surface area (Å²) in [6, 6.07) is 6.23. The van der Waals surface area contributed by atoms with Crippen molar-refractivity contribution in [3.8, 4) is 0 Å². The highest BCUT2D eigenvalue weighted by molar-refractivity contribution is 5.74. The molecule has 17 heavy (non-hydrogen) atoms. The summed E-state index contributed by atoms with van der Waals surface area (Å²) in [5.41, 5.74) is 3.63. The van der Waals surface area contributed by atoms with Crippen LogP contribution in [0.2, 0.25) is 0 Å². The van der Waals surface area contributed by atoms with Gasteiger partial charge in [-0.15, -0.1) is 0 Å². The predicted octanol–water partition coefficient (Wildman–Crippen LogP) is 3.07. The first-order valence-corrected chi connectivity index (χ1v) is 6.16. The first-order chi connectivity index (χ1) is 8.04. The van der Waals surface area contributed by atoms with Crippen LogP contribution in [0.1, 0.15) is 43.0 Å². The number of carbonyl (C=O) groups is 1. The predicted molar refractivity (Wildman–Crippen MR) is 71.2 cm³/mol. The minimum absolute atomic E-state index is 0.0347. The molecule has 0 fully saturated rings. The smallest absolute Gasteiger partial charge is 0.315 e. The number of hydrogen-bond donors (Lipinski definition) is 2. The van der Waals surface area contributed by atoms with Crippen molar-refractivity contribution in [3.05, 3.63) is 34.9 Å². The van der Waals surface area contributed by atoms with Gasteiger partial charge in [0.05, 0.1) is 6.04 Å². The minimum Gasteiger partial charge on any atom is -0.338 e. The summed E-state index contributed by atoms with van der Waals surface area (Å²) in [5.74, 6) is 0. The molecule has 1 rings (SSSR count). The number of aryl methyl sites for hydroxylation is 2. The molecule has 0 aliphatic rings. The summed E-state index contributed by atoms with van der Waals surface area (Å²) in [5, 5.41) is 5.76. The van der Waals surface area contributed by atoms with Gasteiger partial charge in [-0.1, -0.05) is 30.7 Å². The maximum atomic E-state index is 11.5. The molecule has 0 saturated heterocycles. The van der Waals surface area contributed by atoms with Crippen molar-refractivity contribution in [2.45, 2.75) is 40.2 Å². The van der Waals surface area contributed by atoms with Gasteiger partial charge in [-0.25, -0.2) is 4.79 Å². The van der Waals surface area contributed by atoms with Crippen LogP contribution in [0.4, 0.5) is 4.79 Å². The molecule has 1 aromatic carbocycles. The summed E-state index contributed by atoms with van der Waals surface area (Å²) >= 11 is 0. The number of hydrogen-bond acceptors (Lipinski definition) is 1. The zero-order chi connectivity index (χ0) is 12.8. The Labute approximate surface area is 104 Å². The topological polar surface area (TPSA) is 41.1 Å². The van der Waals surface area contributed by atoms with Crippen molar-refractivity contribution < 1.29 is 4.79 Å². The molecule has 0 aliphatic carbocycles. The fourth-order valence-corrected chi connectivity index (χ4v) is 1.88. The lowest BCUT2D eigenvalue weighted by molar-refractivity contribution is 0.238. The Bertz CT molecular complexity index is 388. The average Bonchev–Trinajstić information content (AvgIpc) is 2.26. The van der Waals surface area contributed by atoms with Gasteiger partial charge in [0.2, 0.25) is 0 Å². The normalized spacial score (nSPS) is 12.0. The highest BCUT2D eigenvalue weighted by Crippen LogP contribution is 2.18. The number of urea groups is 1. The molecule has 1 atom stereocenters. The van der Waals surface area contributed by atoms with Crippen molar-refractivity contribution in [2.24, 2.45) is 0 Å². The summed E-state index contributed by atoms with van der Waals surface area (Å²) < 4.78 is 0. The molecular formula is C14H22N2O. The van der Waals surface area contributed by atoms with E-state index in [-0.39, 0.29) is 12.1 Å². The number of carbonyl (C=O) groups excluding carboxylic acids is 1. The molecule has 0 radical (unpaired) electrons. The molecule has 0 heterocycles. The highest BCUT2D eigenvalue weighted by Gasteiger charge is 2.10. The Morgan fingerprint density at radius 2 is 2.06 bits per heavy atom. The Kier molecular flexibility index (Phi) is 5.01. The van der Waals surface area contributed by atoms with Gasteiger partial charge < -0.3 is 10.6 Å². The zero-order valence-corrected chi connectivity index (χ0v) is 11.1. The van der Waals surface area contributed by atoms with E-state index in [9.17, 15) is 4.79 Å². The maximum Gasteiger partial charge on any atom is 0.315 e. The van der Waals surface area contributed by atoms with E-state index in [4.69, 9.17) is 0 Å². The van der Waals surface area contributed by atoms with E-state index in [1.165, 1.54) is 16.7 Å². The van der Waals surface area contributed by atoms with Crippen LogP contribution >= 0.6 is 0 Å². The standard InChI is InChI=1S/C14H22N2O/c1-5-8-15-14(17)16-12(4)13-7-6-10(2)9-11(13)3/h6-7,9,12H,5,8H2,1-4H3,(H2,15,16,17). The molecule has 0 saturated carbocycles. The van der Waals surface area contributed by atoms with Crippen LogP contribution in [0, 0.1) is 13.8 Å². The second-order valence-electron chi connectivity index (χ2n) is 4.48. The fraction of sp³-hybridized carbons (Fsp3) is 0.500. The second-order valence-corrected chi connectivity index (χ2v) is 4.48. The summed E-state index contributed by atoms with van der Waals surface area (Å²) in [4.78, 5) is 11.5. The molecule has 1 aromatic rings. The van der Waals surface area contributed by atoms with Gasteiger partial charge in [0.15, 0.2) is 0 Å². The Morgan fingerprint density at radius 1 is 1.35 bits per heavy atom. The average molecular weight is 234 g/mol. The molecule has 2 N–H and O–H groups in total. The van der Waals surface area contributed by atoms with Crippen molar-refractivity contribution in [2.75, 3.05) is 6.54 Å². The Hall–Kier alpha value is -1.51. The van der Waals surface area contributed by atoms with Crippen LogP contribution in [-0.2, 0) is 0 Å². The molecule has 3 heteroatoms. The van der Waals surface area contributed by atoms with Crippen molar-refractivity contribution >= 4 is 6.03 Å². The third-order valence-electron chi connectivity index (χ3n) is 2.77. The molecule has 94 valence electrons. The van der Waals surface area contributed by atoms with E-state index in [0.29, 0.717) is 6.54 Å². The Morgan fingerprint density at radius 3 is 2.65 bits per heavy atom. The first-order valence-electron chi connectivity index (χ1n) is 6.16. The monoisotopic (exact) mass is 234 g/mol. The quantitative estimate of drug-likeness (QED) is 0.826. The molecule has 0 aromatic heterocycles. The molecule has 0 aliphatic heterocycles. The molecule has 3 nitrogen and oxygen atoms in total. The van der Waals surface area contributed by atoms with E-state index in [2.05, 4.69) is 42.7 Å². The van der Waals surface area contributed by atoms with Crippen LogP contribution in [-0.4, -0.2) is 12.6 Å². The highest BCUT2D eigenvalue weighted by atomic mass is 16.2. The number of amides is 2. The van der Waals surface area contributed by atoms with E-state index >= 15 is 0 Å². The van der Waals surface area contributed by atoms with E-state index in [1.54, 1.807) is 0 Å². The number of benzene rings is 1. The first kappa shape index (κ1) is 13.6. The van der Waals surface area contributed by atoms with Crippen molar-refractivity contribution in [1.82, 2.24) is 10.6 Å². The molecule has 2 amide bonds. The molecule has 0 spiro atoms. The molecular weight excluding hydrogens is 212 g/mol. The molecule has 1 unspecified atom stereocenters. The van der Waals surface area contributed by atoms with Gasteiger partial charge in [0.25, 0.3) is 0 Å². The fourth-order valence-electron chi connectivity index (χ4n) is 1.88. The lowest BCUT2D eigenvalue weighted by atomic mass is 10.0. The lowest BCUT2D eigenvalue weighted by Gasteiger charge is -2.17. The van der Waals surface area contributed by atoms with Crippen LogP contribution < -0.4 is 10.6 Å². The SMILES string of the molecule is CCCNC(=O)NC(C)c1ccc(C)cc1C. The number of rotatable bonds is 4. The minimum atomic E-state index is -0.0978. The van der Waals surface area contributed by atoms with Crippen molar-refractivity contribution in [1.29, 1.82) is 0 Å². The van der Waals surface area contributed by atoms with Crippen molar-refractivity contribution in [3.63, 3.8) is 0 Å². The van der Waals surface area contributed by atoms with Gasteiger partial charge in [0, 0.05) is 6.54 Å². The van der Waals surface area contributed by atoms with E-state index < -0.39 is 0 Å². The lowest BCUT2D eigenvalue weighted by Crippen LogP contribution is -2.37. The third-order valence-corrected chi connectivity index (χ3v) is 2.77. The third kappa shape index (κ3) is 4.10.